The quantitative estimate of drug-likeness (QED) is 0.862. The molecule has 0 fully saturated rings. The third-order valence-corrected chi connectivity index (χ3v) is 2.57. The molecule has 0 radical (unpaired) electrons. The predicted molar refractivity (Wildman–Crippen MR) is 69.2 cm³/mol. The van der Waals surface area contributed by atoms with Crippen molar-refractivity contribution >= 4 is 39.0 Å². The summed E-state index contributed by atoms with van der Waals surface area (Å²) in [5.74, 6) is 0.486. The highest BCUT2D eigenvalue weighted by molar-refractivity contribution is 9.10. The number of nitriles is 1. The number of anilines is 2. The molecule has 0 aliphatic rings. The fraction of sp³-hybridized carbons (Fsp3) is 0. The highest BCUT2D eigenvalue weighted by Gasteiger charge is 2.03. The van der Waals surface area contributed by atoms with E-state index in [1.165, 1.54) is 6.07 Å². The first-order valence-corrected chi connectivity index (χ1v) is 5.82. The van der Waals surface area contributed by atoms with Gasteiger partial charge >= 0.3 is 0 Å². The molecule has 0 aliphatic heterocycles. The van der Waals surface area contributed by atoms with E-state index in [1.54, 1.807) is 0 Å². The Hall–Kier alpha value is -1.64. The van der Waals surface area contributed by atoms with E-state index in [9.17, 15) is 0 Å². The van der Waals surface area contributed by atoms with Gasteiger partial charge in [0.05, 0.1) is 0 Å². The molecule has 0 unspecified atom stereocenters. The summed E-state index contributed by atoms with van der Waals surface area (Å²) < 4.78 is 0.947. The Morgan fingerprint density at radius 1 is 1.29 bits per heavy atom. The number of nitrogens with one attached hydrogen (secondary N) is 1. The number of benzene rings is 1. The lowest BCUT2D eigenvalue weighted by molar-refractivity contribution is 1.14. The molecular formula is C11H6BrClN4. The first-order chi connectivity index (χ1) is 8.17. The monoisotopic (exact) mass is 308 g/mol. The maximum atomic E-state index is 8.76. The van der Waals surface area contributed by atoms with Crippen LogP contribution in [0.1, 0.15) is 5.69 Å². The van der Waals surface area contributed by atoms with E-state index in [0.29, 0.717) is 5.82 Å². The first kappa shape index (κ1) is 11.8. The van der Waals surface area contributed by atoms with E-state index in [1.807, 2.05) is 30.3 Å². The lowest BCUT2D eigenvalue weighted by Crippen LogP contribution is -1.97. The van der Waals surface area contributed by atoms with Crippen LogP contribution in [-0.4, -0.2) is 9.97 Å². The molecule has 84 valence electrons. The lowest BCUT2D eigenvalue weighted by atomic mass is 10.3. The minimum atomic E-state index is 0.0431. The predicted octanol–water partition coefficient (Wildman–Crippen LogP) is 3.51. The molecule has 0 bridgehead atoms. The summed E-state index contributed by atoms with van der Waals surface area (Å²) in [5.41, 5.74) is 1.07. The van der Waals surface area contributed by atoms with Crippen LogP contribution in [0.5, 0.6) is 0 Å². The van der Waals surface area contributed by atoms with Crippen molar-refractivity contribution in [2.75, 3.05) is 5.32 Å². The normalized spacial score (nSPS) is 9.71. The maximum absolute atomic E-state index is 8.76. The standard InChI is InChI=1S/C11H6BrClN4/c12-7-2-1-3-8(4-7)15-10-5-9(6-14)16-11(13)17-10/h1-5H,(H,15,16,17). The van der Waals surface area contributed by atoms with E-state index < -0.39 is 0 Å². The van der Waals surface area contributed by atoms with Gasteiger partial charge in [0.15, 0.2) is 0 Å². The van der Waals surface area contributed by atoms with Crippen LogP contribution in [0.25, 0.3) is 0 Å². The number of rotatable bonds is 2. The van der Waals surface area contributed by atoms with Gasteiger partial charge < -0.3 is 5.32 Å². The van der Waals surface area contributed by atoms with Gasteiger partial charge in [-0.1, -0.05) is 22.0 Å². The summed E-state index contributed by atoms with van der Waals surface area (Å²) in [5, 5.41) is 11.8. The van der Waals surface area contributed by atoms with Gasteiger partial charge in [0, 0.05) is 16.2 Å². The summed E-state index contributed by atoms with van der Waals surface area (Å²) >= 11 is 9.07. The number of aromatic nitrogens is 2. The van der Waals surface area contributed by atoms with Gasteiger partial charge in [0.25, 0.3) is 0 Å². The molecule has 0 aliphatic carbocycles. The molecule has 17 heavy (non-hydrogen) atoms. The number of halogens is 2. The SMILES string of the molecule is N#Cc1cc(Nc2cccc(Br)c2)nc(Cl)n1. The number of hydrogen-bond donors (Lipinski definition) is 1. The fourth-order valence-electron chi connectivity index (χ4n) is 1.25. The molecule has 6 heteroatoms. The van der Waals surface area contributed by atoms with Crippen molar-refractivity contribution in [3.8, 4) is 6.07 Å². The van der Waals surface area contributed by atoms with E-state index >= 15 is 0 Å². The van der Waals surface area contributed by atoms with Crippen molar-refractivity contribution < 1.29 is 0 Å². The molecule has 0 amide bonds. The van der Waals surface area contributed by atoms with Gasteiger partial charge in [-0.25, -0.2) is 9.97 Å². The van der Waals surface area contributed by atoms with Crippen LogP contribution in [0.2, 0.25) is 5.28 Å². The van der Waals surface area contributed by atoms with E-state index in [2.05, 4.69) is 31.2 Å². The van der Waals surface area contributed by atoms with E-state index in [-0.39, 0.29) is 11.0 Å². The lowest BCUT2D eigenvalue weighted by Gasteiger charge is -2.06. The van der Waals surface area contributed by atoms with Crippen LogP contribution in [0, 0.1) is 11.3 Å². The average Bonchev–Trinajstić information content (AvgIpc) is 2.28. The highest BCUT2D eigenvalue weighted by atomic mass is 79.9. The topological polar surface area (TPSA) is 61.6 Å². The summed E-state index contributed by atoms with van der Waals surface area (Å²) in [6.07, 6.45) is 0. The summed E-state index contributed by atoms with van der Waals surface area (Å²) in [6, 6.07) is 11.0. The fourth-order valence-corrected chi connectivity index (χ4v) is 1.83. The Labute approximate surface area is 111 Å². The minimum Gasteiger partial charge on any atom is -0.340 e. The Morgan fingerprint density at radius 3 is 2.82 bits per heavy atom. The van der Waals surface area contributed by atoms with Gasteiger partial charge in [-0.2, -0.15) is 5.26 Å². The molecule has 0 saturated heterocycles. The van der Waals surface area contributed by atoms with E-state index in [4.69, 9.17) is 16.9 Å². The zero-order chi connectivity index (χ0) is 12.3. The number of hydrogen-bond acceptors (Lipinski definition) is 4. The second kappa shape index (κ2) is 5.13. The van der Waals surface area contributed by atoms with Crippen molar-refractivity contribution in [3.63, 3.8) is 0 Å². The molecule has 2 aromatic rings. The molecule has 0 saturated carbocycles. The van der Waals surface area contributed by atoms with E-state index in [0.717, 1.165) is 10.2 Å². The second-order valence-electron chi connectivity index (χ2n) is 3.15. The van der Waals surface area contributed by atoms with Crippen LogP contribution in [-0.2, 0) is 0 Å². The molecule has 1 heterocycles. The highest BCUT2D eigenvalue weighted by Crippen LogP contribution is 2.20. The largest absolute Gasteiger partial charge is 0.340 e. The van der Waals surface area contributed by atoms with Crippen molar-refractivity contribution in [2.45, 2.75) is 0 Å². The van der Waals surface area contributed by atoms with Gasteiger partial charge in [-0.3, -0.25) is 0 Å². The zero-order valence-corrected chi connectivity index (χ0v) is 10.8. The van der Waals surface area contributed by atoms with Gasteiger partial charge in [-0.05, 0) is 29.8 Å². The molecular weight excluding hydrogens is 304 g/mol. The van der Waals surface area contributed by atoms with Crippen LogP contribution in [0.3, 0.4) is 0 Å². The Kier molecular flexibility index (Phi) is 3.57. The average molecular weight is 310 g/mol. The maximum Gasteiger partial charge on any atom is 0.225 e. The molecule has 1 aromatic carbocycles. The smallest absolute Gasteiger partial charge is 0.225 e. The zero-order valence-electron chi connectivity index (χ0n) is 8.48. The minimum absolute atomic E-state index is 0.0431. The van der Waals surface area contributed by atoms with Gasteiger partial charge in [0.2, 0.25) is 5.28 Å². The molecule has 0 spiro atoms. The molecule has 2 rings (SSSR count). The van der Waals surface area contributed by atoms with Gasteiger partial charge in [0.1, 0.15) is 17.6 Å². The Bertz CT molecular complexity index is 594. The third kappa shape index (κ3) is 3.16. The summed E-state index contributed by atoms with van der Waals surface area (Å²) in [6.45, 7) is 0. The van der Waals surface area contributed by atoms with Crippen LogP contribution >= 0.6 is 27.5 Å². The molecule has 1 N–H and O–H groups in total. The van der Waals surface area contributed by atoms with Crippen LogP contribution < -0.4 is 5.32 Å². The summed E-state index contributed by atoms with van der Waals surface area (Å²) in [4.78, 5) is 7.74. The van der Waals surface area contributed by atoms with Crippen molar-refractivity contribution in [1.82, 2.24) is 9.97 Å². The summed E-state index contributed by atoms with van der Waals surface area (Å²) in [7, 11) is 0. The third-order valence-electron chi connectivity index (χ3n) is 1.91. The van der Waals surface area contributed by atoms with Crippen molar-refractivity contribution in [3.05, 3.63) is 45.8 Å². The van der Waals surface area contributed by atoms with Gasteiger partial charge in [-0.15, -0.1) is 0 Å². The second-order valence-corrected chi connectivity index (χ2v) is 4.41. The molecule has 0 atom stereocenters. The molecule has 1 aromatic heterocycles. The van der Waals surface area contributed by atoms with Crippen LogP contribution in [0.15, 0.2) is 34.8 Å². The number of nitrogens with zero attached hydrogens (tertiary/aromatic N) is 3. The molecule has 4 nitrogen and oxygen atoms in total. The Morgan fingerprint density at radius 2 is 2.12 bits per heavy atom. The first-order valence-electron chi connectivity index (χ1n) is 4.64. The Balaban J connectivity index is 2.30. The van der Waals surface area contributed by atoms with Crippen molar-refractivity contribution in [2.24, 2.45) is 0 Å². The van der Waals surface area contributed by atoms with Crippen LogP contribution in [0.4, 0.5) is 11.5 Å². The van der Waals surface area contributed by atoms with Crippen molar-refractivity contribution in [1.29, 1.82) is 5.26 Å².